The standard InChI is InChI=1S/C23H19N3O2S2/c27-21(25-17-10-4-6-12-19(17)29-15-8-2-1-3-9-15)16-14-24-23-26(22(16)28)18-11-5-7-13-20(18)30-23/h1-4,6,8-10,12,14H,5,7,11,13H2,(H,25,27). The highest BCUT2D eigenvalue weighted by molar-refractivity contribution is 7.99. The maximum absolute atomic E-state index is 13.1. The summed E-state index contributed by atoms with van der Waals surface area (Å²) in [6.45, 7) is 0. The average Bonchev–Trinajstić information content (AvgIpc) is 3.15. The van der Waals surface area contributed by atoms with Crippen molar-refractivity contribution in [3.05, 3.63) is 87.3 Å². The second-order valence-corrected chi connectivity index (χ2v) is 9.32. The summed E-state index contributed by atoms with van der Waals surface area (Å²) in [5, 5.41) is 2.92. The number of thiazole rings is 1. The number of rotatable bonds is 4. The van der Waals surface area contributed by atoms with Crippen molar-refractivity contribution in [2.24, 2.45) is 0 Å². The van der Waals surface area contributed by atoms with Crippen LogP contribution in [0.1, 0.15) is 33.8 Å². The van der Waals surface area contributed by atoms with Crippen LogP contribution in [0, 0.1) is 0 Å². The van der Waals surface area contributed by atoms with E-state index in [1.165, 1.54) is 11.1 Å². The number of carbonyl (C=O) groups is 1. The minimum atomic E-state index is -0.432. The fourth-order valence-corrected chi connectivity index (χ4v) is 5.78. The lowest BCUT2D eigenvalue weighted by Gasteiger charge is -2.12. The first-order valence-corrected chi connectivity index (χ1v) is 11.5. The van der Waals surface area contributed by atoms with Gasteiger partial charge in [-0.3, -0.25) is 14.0 Å². The molecule has 4 aromatic rings. The van der Waals surface area contributed by atoms with Gasteiger partial charge in [-0.1, -0.05) is 42.1 Å². The van der Waals surface area contributed by atoms with Crippen molar-refractivity contribution in [1.82, 2.24) is 9.38 Å². The average molecular weight is 434 g/mol. The van der Waals surface area contributed by atoms with E-state index in [-0.39, 0.29) is 11.1 Å². The Labute approximate surface area is 181 Å². The Balaban J connectivity index is 1.47. The van der Waals surface area contributed by atoms with E-state index in [1.54, 1.807) is 27.5 Å². The van der Waals surface area contributed by atoms with Crippen LogP contribution in [0.2, 0.25) is 0 Å². The lowest BCUT2D eigenvalue weighted by atomic mass is 10.0. The van der Waals surface area contributed by atoms with Crippen LogP contribution in [0.5, 0.6) is 0 Å². The van der Waals surface area contributed by atoms with Crippen molar-refractivity contribution in [2.75, 3.05) is 5.32 Å². The third kappa shape index (κ3) is 3.55. The molecule has 0 fully saturated rings. The van der Waals surface area contributed by atoms with Gasteiger partial charge in [0.1, 0.15) is 5.56 Å². The molecule has 2 aromatic carbocycles. The molecule has 0 spiro atoms. The fourth-order valence-electron chi connectivity index (χ4n) is 3.69. The first kappa shape index (κ1) is 19.1. The SMILES string of the molecule is O=C(Nc1ccccc1Sc1ccccc1)c1cnc2sc3c(n2c1=O)CCCC3. The molecule has 150 valence electrons. The minimum Gasteiger partial charge on any atom is -0.321 e. The number of aryl methyl sites for hydroxylation is 2. The number of nitrogens with one attached hydrogen (secondary N) is 1. The van der Waals surface area contributed by atoms with E-state index in [9.17, 15) is 9.59 Å². The summed E-state index contributed by atoms with van der Waals surface area (Å²) < 4.78 is 1.64. The summed E-state index contributed by atoms with van der Waals surface area (Å²) in [6, 6.07) is 17.6. The molecule has 5 rings (SSSR count). The minimum absolute atomic E-state index is 0.0678. The number of anilines is 1. The number of nitrogens with zero attached hydrogens (tertiary/aromatic N) is 2. The number of para-hydroxylation sites is 1. The number of aromatic nitrogens is 2. The van der Waals surface area contributed by atoms with E-state index in [0.29, 0.717) is 10.6 Å². The van der Waals surface area contributed by atoms with E-state index in [4.69, 9.17) is 0 Å². The van der Waals surface area contributed by atoms with Gasteiger partial charge in [0.2, 0.25) is 0 Å². The van der Waals surface area contributed by atoms with Crippen LogP contribution in [-0.4, -0.2) is 15.3 Å². The number of carbonyl (C=O) groups excluding carboxylic acids is 1. The van der Waals surface area contributed by atoms with Crippen molar-refractivity contribution in [2.45, 2.75) is 35.5 Å². The molecule has 0 unspecified atom stereocenters. The van der Waals surface area contributed by atoms with E-state index in [0.717, 1.165) is 41.2 Å². The van der Waals surface area contributed by atoms with Crippen molar-refractivity contribution in [3.8, 4) is 0 Å². The lowest BCUT2D eigenvalue weighted by molar-refractivity contribution is 0.102. The van der Waals surface area contributed by atoms with Crippen molar-refractivity contribution >= 4 is 39.7 Å². The van der Waals surface area contributed by atoms with E-state index < -0.39 is 5.91 Å². The number of fused-ring (bicyclic) bond motifs is 3. The highest BCUT2D eigenvalue weighted by Crippen LogP contribution is 2.33. The van der Waals surface area contributed by atoms with Gasteiger partial charge >= 0.3 is 0 Å². The molecule has 0 saturated heterocycles. The highest BCUT2D eigenvalue weighted by atomic mass is 32.2. The molecular formula is C23H19N3O2S2. The fraction of sp³-hybridized carbons (Fsp3) is 0.174. The first-order valence-electron chi connectivity index (χ1n) is 9.86. The number of benzene rings is 2. The van der Waals surface area contributed by atoms with Crippen LogP contribution >= 0.6 is 23.1 Å². The molecule has 0 bridgehead atoms. The molecule has 1 amide bonds. The number of hydrogen-bond donors (Lipinski definition) is 1. The summed E-state index contributed by atoms with van der Waals surface area (Å²) in [4.78, 5) is 34.4. The third-order valence-corrected chi connectivity index (χ3v) is 7.39. The Morgan fingerprint density at radius 1 is 1.03 bits per heavy atom. The Morgan fingerprint density at radius 3 is 2.67 bits per heavy atom. The molecule has 0 saturated carbocycles. The molecule has 5 nitrogen and oxygen atoms in total. The van der Waals surface area contributed by atoms with Crippen molar-refractivity contribution < 1.29 is 4.79 Å². The summed E-state index contributed by atoms with van der Waals surface area (Å²) in [6.07, 6.45) is 5.44. The first-order chi connectivity index (χ1) is 14.7. The van der Waals surface area contributed by atoms with Gasteiger partial charge in [-0.05, 0) is 49.9 Å². The van der Waals surface area contributed by atoms with Gasteiger partial charge in [0.25, 0.3) is 11.5 Å². The molecule has 2 heterocycles. The highest BCUT2D eigenvalue weighted by Gasteiger charge is 2.22. The van der Waals surface area contributed by atoms with Crippen LogP contribution in [0.3, 0.4) is 0 Å². The van der Waals surface area contributed by atoms with Gasteiger partial charge < -0.3 is 5.32 Å². The molecule has 2 aromatic heterocycles. The van der Waals surface area contributed by atoms with Crippen molar-refractivity contribution in [3.63, 3.8) is 0 Å². The summed E-state index contributed by atoms with van der Waals surface area (Å²) in [5.41, 5.74) is 1.48. The van der Waals surface area contributed by atoms with Crippen LogP contribution in [-0.2, 0) is 12.8 Å². The van der Waals surface area contributed by atoms with Crippen LogP contribution in [0.15, 0.2) is 75.4 Å². The van der Waals surface area contributed by atoms with Crippen LogP contribution < -0.4 is 10.9 Å². The maximum atomic E-state index is 13.1. The van der Waals surface area contributed by atoms with E-state index >= 15 is 0 Å². The van der Waals surface area contributed by atoms with E-state index in [1.807, 2.05) is 54.6 Å². The lowest BCUT2D eigenvalue weighted by Crippen LogP contribution is -2.27. The topological polar surface area (TPSA) is 63.5 Å². The second-order valence-electron chi connectivity index (χ2n) is 7.14. The smallest absolute Gasteiger partial charge is 0.271 e. The van der Waals surface area contributed by atoms with Gasteiger partial charge in [0.05, 0.1) is 5.69 Å². The van der Waals surface area contributed by atoms with Crippen molar-refractivity contribution in [1.29, 1.82) is 0 Å². The molecule has 1 aliphatic rings. The quantitative estimate of drug-likeness (QED) is 0.490. The largest absolute Gasteiger partial charge is 0.321 e. The van der Waals surface area contributed by atoms with Crippen LogP contribution in [0.25, 0.3) is 4.96 Å². The molecule has 1 aliphatic carbocycles. The molecule has 1 N–H and O–H groups in total. The molecule has 0 aliphatic heterocycles. The van der Waals surface area contributed by atoms with Gasteiger partial charge in [-0.15, -0.1) is 11.3 Å². The summed E-state index contributed by atoms with van der Waals surface area (Å²) in [5.74, 6) is -0.432. The monoisotopic (exact) mass is 433 g/mol. The normalized spacial score (nSPS) is 13.2. The zero-order valence-electron chi connectivity index (χ0n) is 16.1. The molecular weight excluding hydrogens is 414 g/mol. The maximum Gasteiger partial charge on any atom is 0.271 e. The molecule has 0 atom stereocenters. The molecule has 0 radical (unpaired) electrons. The van der Waals surface area contributed by atoms with Gasteiger partial charge in [-0.2, -0.15) is 0 Å². The second kappa shape index (κ2) is 8.08. The van der Waals surface area contributed by atoms with Gasteiger partial charge in [-0.25, -0.2) is 4.98 Å². The summed E-state index contributed by atoms with van der Waals surface area (Å²) in [7, 11) is 0. The Kier molecular flexibility index (Phi) is 5.14. The van der Waals surface area contributed by atoms with Gasteiger partial charge in [0, 0.05) is 26.6 Å². The Bertz CT molecular complexity index is 1300. The Hall–Kier alpha value is -2.90. The summed E-state index contributed by atoms with van der Waals surface area (Å²) >= 11 is 3.12. The predicted octanol–water partition coefficient (Wildman–Crippen LogP) is 5.04. The number of amides is 1. The zero-order valence-corrected chi connectivity index (χ0v) is 17.8. The zero-order chi connectivity index (χ0) is 20.5. The molecule has 7 heteroatoms. The van der Waals surface area contributed by atoms with Crippen LogP contribution in [0.4, 0.5) is 5.69 Å². The Morgan fingerprint density at radius 2 is 1.80 bits per heavy atom. The van der Waals surface area contributed by atoms with Gasteiger partial charge in [0.15, 0.2) is 4.96 Å². The van der Waals surface area contributed by atoms with E-state index in [2.05, 4.69) is 10.3 Å². The predicted molar refractivity (Wildman–Crippen MR) is 121 cm³/mol. The molecule has 30 heavy (non-hydrogen) atoms. The number of hydrogen-bond acceptors (Lipinski definition) is 5. The third-order valence-electron chi connectivity index (χ3n) is 5.15.